The van der Waals surface area contributed by atoms with Crippen molar-refractivity contribution >= 4 is 0 Å². The molecule has 1 aliphatic carbocycles. The van der Waals surface area contributed by atoms with Gasteiger partial charge in [0.2, 0.25) is 0 Å². The second-order valence-corrected chi connectivity index (χ2v) is 5.62. The smallest absolute Gasteiger partial charge is 0.0934 e. The number of allylic oxidation sites excluding steroid dienone is 4. The molecule has 0 atom stereocenters. The zero-order valence-corrected chi connectivity index (χ0v) is 12.3. The molecular weight excluding hydrogens is 242 g/mol. The molecule has 1 aromatic rings. The maximum atomic E-state index is 9.50. The van der Waals surface area contributed by atoms with Crippen molar-refractivity contribution in [2.24, 2.45) is 5.41 Å². The predicted octanol–water partition coefficient (Wildman–Crippen LogP) is 5.38. The summed E-state index contributed by atoms with van der Waals surface area (Å²) >= 11 is 0. The third kappa shape index (κ3) is 3.61. The Morgan fingerprint density at radius 3 is 2.35 bits per heavy atom. The Kier molecular flexibility index (Phi) is 5.18. The Balaban J connectivity index is 1.99. The first-order chi connectivity index (χ1) is 9.79. The molecule has 0 heterocycles. The highest BCUT2D eigenvalue weighted by atomic mass is 14.4. The van der Waals surface area contributed by atoms with Gasteiger partial charge in [0.25, 0.3) is 0 Å². The summed E-state index contributed by atoms with van der Waals surface area (Å²) in [4.78, 5) is 0. The van der Waals surface area contributed by atoms with Gasteiger partial charge in [0.15, 0.2) is 0 Å². The van der Waals surface area contributed by atoms with Gasteiger partial charge in [0.05, 0.1) is 11.5 Å². The van der Waals surface area contributed by atoms with Gasteiger partial charge in [-0.3, -0.25) is 0 Å². The molecule has 0 N–H and O–H groups in total. The molecule has 0 radical (unpaired) electrons. The van der Waals surface area contributed by atoms with E-state index >= 15 is 0 Å². The normalized spacial score (nSPS) is 24.5. The molecule has 1 heteroatoms. The number of hydrogen-bond donors (Lipinski definition) is 0. The van der Waals surface area contributed by atoms with Gasteiger partial charge in [-0.25, -0.2) is 0 Å². The van der Waals surface area contributed by atoms with Crippen molar-refractivity contribution in [1.29, 1.82) is 5.26 Å². The summed E-state index contributed by atoms with van der Waals surface area (Å²) < 4.78 is 0. The Labute approximate surface area is 122 Å². The van der Waals surface area contributed by atoms with Crippen LogP contribution in [0.5, 0.6) is 0 Å². The van der Waals surface area contributed by atoms with Crippen molar-refractivity contribution in [3.05, 3.63) is 60.2 Å². The van der Waals surface area contributed by atoms with E-state index < -0.39 is 0 Å². The highest BCUT2D eigenvalue weighted by Crippen LogP contribution is 2.35. The number of nitriles is 1. The molecule has 1 aliphatic rings. The van der Waals surface area contributed by atoms with E-state index in [9.17, 15) is 5.26 Å². The van der Waals surface area contributed by atoms with Crippen molar-refractivity contribution in [2.45, 2.75) is 44.9 Å². The molecule has 0 bridgehead atoms. The van der Waals surface area contributed by atoms with Crippen LogP contribution in [0.1, 0.15) is 50.5 Å². The maximum Gasteiger partial charge on any atom is 0.0934 e. The van der Waals surface area contributed by atoms with E-state index in [1.807, 2.05) is 6.07 Å². The molecule has 0 aliphatic heterocycles. The van der Waals surface area contributed by atoms with Crippen LogP contribution in [0.2, 0.25) is 0 Å². The van der Waals surface area contributed by atoms with E-state index in [2.05, 4.69) is 61.6 Å². The molecular formula is C19H23N. The summed E-state index contributed by atoms with van der Waals surface area (Å²) in [6, 6.07) is 12.9. The van der Waals surface area contributed by atoms with Gasteiger partial charge in [0.1, 0.15) is 0 Å². The van der Waals surface area contributed by atoms with Crippen molar-refractivity contribution in [1.82, 2.24) is 0 Å². The lowest BCUT2D eigenvalue weighted by atomic mass is 9.77. The monoisotopic (exact) mass is 265 g/mol. The molecule has 104 valence electrons. The van der Waals surface area contributed by atoms with Gasteiger partial charge in [-0.05, 0) is 12.0 Å². The van der Waals surface area contributed by atoms with Crippen LogP contribution in [0, 0.1) is 16.7 Å². The summed E-state index contributed by atoms with van der Waals surface area (Å²) in [6.45, 7) is 2.21. The Bertz CT molecular complexity index is 490. The fourth-order valence-corrected chi connectivity index (χ4v) is 2.71. The van der Waals surface area contributed by atoms with Gasteiger partial charge < -0.3 is 0 Å². The Hall–Kier alpha value is -1.81. The quantitative estimate of drug-likeness (QED) is 0.500. The molecule has 0 aromatic heterocycles. The number of nitrogens with zero attached hydrogens (tertiary/aromatic N) is 1. The second kappa shape index (κ2) is 7.10. The largest absolute Gasteiger partial charge is 0.197 e. The minimum absolute atomic E-state index is 0.313. The van der Waals surface area contributed by atoms with Crippen LogP contribution < -0.4 is 0 Å². The van der Waals surface area contributed by atoms with E-state index in [4.69, 9.17) is 0 Å². The predicted molar refractivity (Wildman–Crippen MR) is 84.3 cm³/mol. The zero-order chi connectivity index (χ0) is 14.3. The highest BCUT2D eigenvalue weighted by molar-refractivity contribution is 5.37. The van der Waals surface area contributed by atoms with E-state index in [-0.39, 0.29) is 5.41 Å². The molecule has 1 aromatic carbocycles. The van der Waals surface area contributed by atoms with Crippen LogP contribution in [-0.4, -0.2) is 0 Å². The van der Waals surface area contributed by atoms with E-state index in [1.165, 1.54) is 24.8 Å². The molecule has 0 saturated carbocycles. The van der Waals surface area contributed by atoms with E-state index in [1.54, 1.807) is 0 Å². The molecule has 1 nitrogen and oxygen atoms in total. The van der Waals surface area contributed by atoms with E-state index in [0.29, 0.717) is 5.92 Å². The van der Waals surface area contributed by atoms with Crippen molar-refractivity contribution in [2.75, 3.05) is 0 Å². The van der Waals surface area contributed by atoms with Crippen molar-refractivity contribution in [3.8, 4) is 6.07 Å². The molecule has 0 saturated heterocycles. The van der Waals surface area contributed by atoms with Crippen LogP contribution >= 0.6 is 0 Å². The van der Waals surface area contributed by atoms with Gasteiger partial charge in [0, 0.05) is 5.92 Å². The van der Waals surface area contributed by atoms with Gasteiger partial charge in [-0.1, -0.05) is 87.2 Å². The SMILES string of the molecule is CCCCCCC1(C#N)C=CC(c2ccccc2)C=C1. The fraction of sp³-hybridized carbons (Fsp3) is 0.421. The van der Waals surface area contributed by atoms with Gasteiger partial charge in [-0.2, -0.15) is 5.26 Å². The first kappa shape index (κ1) is 14.6. The topological polar surface area (TPSA) is 23.8 Å². The standard InChI is InChI=1S/C19H23N/c1-2-3-4-8-13-19(16-20)14-11-18(12-15-19)17-9-6-5-7-10-17/h5-7,9-12,14-15,18H,2-4,8,13H2,1H3. The summed E-state index contributed by atoms with van der Waals surface area (Å²) in [5.74, 6) is 0.313. The Morgan fingerprint density at radius 1 is 1.05 bits per heavy atom. The minimum atomic E-state index is -0.376. The summed E-state index contributed by atoms with van der Waals surface area (Å²) in [5, 5.41) is 9.50. The van der Waals surface area contributed by atoms with Gasteiger partial charge >= 0.3 is 0 Å². The number of unbranched alkanes of at least 4 members (excludes halogenated alkanes) is 3. The lowest BCUT2D eigenvalue weighted by molar-refractivity contribution is 0.510. The van der Waals surface area contributed by atoms with Crippen molar-refractivity contribution < 1.29 is 0 Å². The number of benzene rings is 1. The summed E-state index contributed by atoms with van der Waals surface area (Å²) in [6.07, 6.45) is 14.4. The lowest BCUT2D eigenvalue weighted by Crippen LogP contribution is -2.16. The maximum absolute atomic E-state index is 9.50. The third-order valence-corrected chi connectivity index (χ3v) is 4.04. The summed E-state index contributed by atoms with van der Waals surface area (Å²) in [5.41, 5.74) is 0.913. The Morgan fingerprint density at radius 2 is 1.75 bits per heavy atom. The fourth-order valence-electron chi connectivity index (χ4n) is 2.71. The zero-order valence-electron chi connectivity index (χ0n) is 12.3. The van der Waals surface area contributed by atoms with Crippen LogP contribution in [0.15, 0.2) is 54.6 Å². The van der Waals surface area contributed by atoms with Crippen LogP contribution in [-0.2, 0) is 0 Å². The first-order valence-corrected chi connectivity index (χ1v) is 7.64. The molecule has 0 unspecified atom stereocenters. The van der Waals surface area contributed by atoms with Crippen LogP contribution in [0.25, 0.3) is 0 Å². The summed E-state index contributed by atoms with van der Waals surface area (Å²) in [7, 11) is 0. The second-order valence-electron chi connectivity index (χ2n) is 5.62. The molecule has 0 fully saturated rings. The van der Waals surface area contributed by atoms with Gasteiger partial charge in [-0.15, -0.1) is 0 Å². The van der Waals surface area contributed by atoms with E-state index in [0.717, 1.165) is 12.8 Å². The third-order valence-electron chi connectivity index (χ3n) is 4.04. The lowest BCUT2D eigenvalue weighted by Gasteiger charge is -2.24. The molecule has 0 spiro atoms. The number of hydrogen-bond acceptors (Lipinski definition) is 1. The highest BCUT2D eigenvalue weighted by Gasteiger charge is 2.26. The average molecular weight is 265 g/mol. The van der Waals surface area contributed by atoms with Crippen LogP contribution in [0.4, 0.5) is 0 Å². The first-order valence-electron chi connectivity index (χ1n) is 7.64. The molecule has 2 rings (SSSR count). The average Bonchev–Trinajstić information content (AvgIpc) is 2.53. The molecule has 20 heavy (non-hydrogen) atoms. The van der Waals surface area contributed by atoms with Crippen LogP contribution in [0.3, 0.4) is 0 Å². The minimum Gasteiger partial charge on any atom is -0.197 e. The molecule has 0 amide bonds. The number of rotatable bonds is 6. The van der Waals surface area contributed by atoms with Crippen molar-refractivity contribution in [3.63, 3.8) is 0 Å².